The number of nitrogens with zero attached hydrogens (tertiary/aromatic N) is 2. The molecule has 26 heavy (non-hydrogen) atoms. The second-order valence-corrected chi connectivity index (χ2v) is 7.09. The Kier molecular flexibility index (Phi) is 4.59. The Morgan fingerprint density at radius 1 is 1.31 bits per heavy atom. The minimum absolute atomic E-state index is 0.0952. The molecule has 0 spiro atoms. The quantitative estimate of drug-likeness (QED) is 0.911. The summed E-state index contributed by atoms with van der Waals surface area (Å²) in [6.07, 6.45) is 3.53. The first kappa shape index (κ1) is 17.0. The van der Waals surface area contributed by atoms with Crippen LogP contribution in [0.3, 0.4) is 0 Å². The molecule has 6 heteroatoms. The molecule has 1 aromatic heterocycles. The lowest BCUT2D eigenvalue weighted by Gasteiger charge is -2.32. The van der Waals surface area contributed by atoms with E-state index in [2.05, 4.69) is 28.2 Å². The van der Waals surface area contributed by atoms with Gasteiger partial charge in [-0.2, -0.15) is 0 Å². The molecule has 136 valence electrons. The van der Waals surface area contributed by atoms with E-state index in [0.717, 1.165) is 18.4 Å². The number of rotatable bonds is 3. The fourth-order valence-corrected chi connectivity index (χ4v) is 3.84. The van der Waals surface area contributed by atoms with Crippen molar-refractivity contribution < 1.29 is 9.53 Å². The van der Waals surface area contributed by atoms with Crippen LogP contribution in [0.5, 0.6) is 0 Å². The van der Waals surface area contributed by atoms with Crippen molar-refractivity contribution in [3.8, 4) is 0 Å². The highest BCUT2D eigenvalue weighted by Gasteiger charge is 2.27. The molecule has 0 unspecified atom stereocenters. The van der Waals surface area contributed by atoms with Crippen molar-refractivity contribution in [2.75, 3.05) is 19.7 Å². The lowest BCUT2D eigenvalue weighted by atomic mass is 10.0. The number of hydrogen-bond acceptors (Lipinski definition) is 4. The highest BCUT2D eigenvalue weighted by atomic mass is 16.5. The molecule has 2 heterocycles. The van der Waals surface area contributed by atoms with E-state index in [9.17, 15) is 9.59 Å². The molecule has 0 bridgehead atoms. The van der Waals surface area contributed by atoms with Crippen LogP contribution >= 0.6 is 0 Å². The Morgan fingerprint density at radius 2 is 2.15 bits per heavy atom. The number of amides is 1. The predicted octanol–water partition coefficient (Wildman–Crippen LogP) is 1.71. The molecule has 2 aromatic rings. The van der Waals surface area contributed by atoms with Gasteiger partial charge in [0.25, 0.3) is 5.56 Å². The van der Waals surface area contributed by atoms with Crippen LogP contribution in [0.2, 0.25) is 0 Å². The topological polar surface area (TPSA) is 75.3 Å². The number of aryl methyl sites for hydroxylation is 3. The van der Waals surface area contributed by atoms with Crippen LogP contribution in [0, 0.1) is 6.92 Å². The van der Waals surface area contributed by atoms with Gasteiger partial charge in [-0.3, -0.25) is 9.59 Å². The second kappa shape index (κ2) is 7.03. The third-order valence-electron chi connectivity index (χ3n) is 5.15. The van der Waals surface area contributed by atoms with Gasteiger partial charge in [0.15, 0.2) is 0 Å². The molecule has 1 atom stereocenters. The first-order valence-electron chi connectivity index (χ1n) is 9.16. The van der Waals surface area contributed by atoms with Crippen LogP contribution in [0.4, 0.5) is 0 Å². The van der Waals surface area contributed by atoms with E-state index in [1.165, 1.54) is 23.6 Å². The molecule has 0 radical (unpaired) electrons. The van der Waals surface area contributed by atoms with E-state index < -0.39 is 0 Å². The van der Waals surface area contributed by atoms with Crippen molar-refractivity contribution in [2.24, 2.45) is 0 Å². The van der Waals surface area contributed by atoms with Gasteiger partial charge in [0.1, 0.15) is 11.9 Å². The van der Waals surface area contributed by atoms with Gasteiger partial charge in [-0.25, -0.2) is 4.98 Å². The highest BCUT2D eigenvalue weighted by Crippen LogP contribution is 2.24. The molecule has 1 saturated heterocycles. The van der Waals surface area contributed by atoms with Crippen molar-refractivity contribution in [1.82, 2.24) is 14.9 Å². The summed E-state index contributed by atoms with van der Waals surface area (Å²) in [4.78, 5) is 33.2. The fourth-order valence-electron chi connectivity index (χ4n) is 3.84. The third-order valence-corrected chi connectivity index (χ3v) is 5.15. The smallest absolute Gasteiger partial charge is 0.251 e. The van der Waals surface area contributed by atoms with Crippen LogP contribution < -0.4 is 5.56 Å². The van der Waals surface area contributed by atoms with Gasteiger partial charge in [0.2, 0.25) is 5.91 Å². The van der Waals surface area contributed by atoms with Crippen LogP contribution in [0.15, 0.2) is 29.1 Å². The van der Waals surface area contributed by atoms with Crippen molar-refractivity contribution in [1.29, 1.82) is 0 Å². The molecule has 1 N–H and O–H groups in total. The molecule has 2 aliphatic rings. The molecule has 1 aliphatic heterocycles. The second-order valence-electron chi connectivity index (χ2n) is 7.09. The van der Waals surface area contributed by atoms with Crippen LogP contribution in [0.1, 0.15) is 40.7 Å². The van der Waals surface area contributed by atoms with E-state index in [1.54, 1.807) is 6.92 Å². The standard InChI is InChI=1S/C20H23N3O3/c1-13-21-17(11-19(24)22-13)18-12-23(7-8-26-18)20(25)10-14-5-6-15-3-2-4-16(15)9-14/h5-6,9,11,18H,2-4,7-8,10,12H2,1H3,(H,21,22,24)/t18-/m1/s1. The van der Waals surface area contributed by atoms with Crippen molar-refractivity contribution >= 4 is 5.91 Å². The maximum Gasteiger partial charge on any atom is 0.251 e. The number of aromatic amines is 1. The van der Waals surface area contributed by atoms with Crippen LogP contribution in [0.25, 0.3) is 0 Å². The first-order valence-corrected chi connectivity index (χ1v) is 9.16. The summed E-state index contributed by atoms with van der Waals surface area (Å²) in [6.45, 7) is 3.20. The zero-order valence-electron chi connectivity index (χ0n) is 15.0. The summed E-state index contributed by atoms with van der Waals surface area (Å²) < 4.78 is 5.76. The molecule has 4 rings (SSSR count). The number of benzene rings is 1. The number of morpholine rings is 1. The van der Waals surface area contributed by atoms with Gasteiger partial charge in [-0.05, 0) is 42.9 Å². The number of aromatic nitrogens is 2. The lowest BCUT2D eigenvalue weighted by molar-refractivity contribution is -0.138. The summed E-state index contributed by atoms with van der Waals surface area (Å²) >= 11 is 0. The summed E-state index contributed by atoms with van der Waals surface area (Å²) in [5, 5.41) is 0. The number of hydrogen-bond donors (Lipinski definition) is 1. The number of carbonyl (C=O) groups is 1. The monoisotopic (exact) mass is 353 g/mol. The summed E-state index contributed by atoms with van der Waals surface area (Å²) in [5.74, 6) is 0.649. The van der Waals surface area contributed by atoms with E-state index in [4.69, 9.17) is 4.74 Å². The van der Waals surface area contributed by atoms with Crippen LogP contribution in [-0.4, -0.2) is 40.5 Å². The van der Waals surface area contributed by atoms with E-state index >= 15 is 0 Å². The Balaban J connectivity index is 1.45. The number of carbonyl (C=O) groups excluding carboxylic acids is 1. The average Bonchev–Trinajstić information content (AvgIpc) is 3.09. The Bertz CT molecular complexity index is 890. The zero-order valence-corrected chi connectivity index (χ0v) is 15.0. The molecule has 6 nitrogen and oxygen atoms in total. The Hall–Kier alpha value is -2.47. The van der Waals surface area contributed by atoms with Gasteiger partial charge in [0, 0.05) is 12.6 Å². The molecule has 1 aliphatic carbocycles. The maximum atomic E-state index is 12.8. The minimum Gasteiger partial charge on any atom is -0.368 e. The molecular formula is C20H23N3O3. The first-order chi connectivity index (χ1) is 12.6. The largest absolute Gasteiger partial charge is 0.368 e. The molecule has 1 aromatic carbocycles. The summed E-state index contributed by atoms with van der Waals surface area (Å²) in [6, 6.07) is 7.86. The van der Waals surface area contributed by atoms with E-state index in [1.807, 2.05) is 4.90 Å². The lowest BCUT2D eigenvalue weighted by Crippen LogP contribution is -2.43. The zero-order chi connectivity index (χ0) is 18.1. The van der Waals surface area contributed by atoms with E-state index in [-0.39, 0.29) is 17.6 Å². The SMILES string of the molecule is Cc1nc([C@H]2CN(C(=O)Cc3ccc4c(c3)CCC4)CCO2)cc(=O)[nH]1. The minimum atomic E-state index is -0.353. The maximum absolute atomic E-state index is 12.8. The normalized spacial score (nSPS) is 19.4. The van der Waals surface area contributed by atoms with Crippen LogP contribution in [-0.2, 0) is 28.8 Å². The number of fused-ring (bicyclic) bond motifs is 1. The summed E-state index contributed by atoms with van der Waals surface area (Å²) in [7, 11) is 0. The molecule has 1 fully saturated rings. The number of H-pyrrole nitrogens is 1. The average molecular weight is 353 g/mol. The third kappa shape index (κ3) is 3.55. The van der Waals surface area contributed by atoms with Gasteiger partial charge >= 0.3 is 0 Å². The Labute approximate surface area is 152 Å². The van der Waals surface area contributed by atoms with Crippen molar-refractivity contribution in [3.63, 3.8) is 0 Å². The summed E-state index contributed by atoms with van der Waals surface area (Å²) in [5.41, 5.74) is 4.27. The van der Waals surface area contributed by atoms with Crippen molar-refractivity contribution in [2.45, 2.75) is 38.7 Å². The fraction of sp³-hybridized carbons (Fsp3) is 0.450. The van der Waals surface area contributed by atoms with Gasteiger partial charge in [-0.1, -0.05) is 18.2 Å². The molecular weight excluding hydrogens is 330 g/mol. The van der Waals surface area contributed by atoms with E-state index in [0.29, 0.717) is 37.6 Å². The number of ether oxygens (including phenoxy) is 1. The number of nitrogens with one attached hydrogen (secondary N) is 1. The molecule has 1 amide bonds. The van der Waals surface area contributed by atoms with Gasteiger partial charge in [-0.15, -0.1) is 0 Å². The van der Waals surface area contributed by atoms with Gasteiger partial charge < -0.3 is 14.6 Å². The highest BCUT2D eigenvalue weighted by molar-refractivity contribution is 5.79. The Morgan fingerprint density at radius 3 is 3.00 bits per heavy atom. The van der Waals surface area contributed by atoms with Crippen molar-refractivity contribution in [3.05, 3.63) is 62.8 Å². The molecule has 0 saturated carbocycles. The predicted molar refractivity (Wildman–Crippen MR) is 97.0 cm³/mol. The van der Waals surface area contributed by atoms with Gasteiger partial charge in [0.05, 0.1) is 25.3 Å².